The fourth-order valence-corrected chi connectivity index (χ4v) is 1.98. The van der Waals surface area contributed by atoms with Crippen LogP contribution in [-0.4, -0.2) is 55.0 Å². The van der Waals surface area contributed by atoms with Gasteiger partial charge in [0.15, 0.2) is 0 Å². The van der Waals surface area contributed by atoms with E-state index in [1.807, 2.05) is 18.2 Å². The smallest absolute Gasteiger partial charge is 0.872 e. The van der Waals surface area contributed by atoms with E-state index in [1.165, 1.54) is 38.5 Å². The quantitative estimate of drug-likeness (QED) is 0.354. The van der Waals surface area contributed by atoms with E-state index in [2.05, 4.69) is 6.92 Å². The Morgan fingerprint density at radius 2 is 1.41 bits per heavy atom. The van der Waals surface area contributed by atoms with Crippen LogP contribution >= 0.6 is 0 Å². The van der Waals surface area contributed by atoms with Gasteiger partial charge in [0.05, 0.1) is 0 Å². The van der Waals surface area contributed by atoms with Crippen LogP contribution < -0.4 is 44.9 Å². The summed E-state index contributed by atoms with van der Waals surface area (Å²) in [6.07, 6.45) is 7.76. The van der Waals surface area contributed by atoms with Crippen molar-refractivity contribution in [3.8, 4) is 5.75 Å². The first-order chi connectivity index (χ1) is 9.57. The van der Waals surface area contributed by atoms with Gasteiger partial charge in [-0.3, -0.25) is 0 Å². The van der Waals surface area contributed by atoms with Crippen molar-refractivity contribution in [3.05, 3.63) is 29.8 Å². The molecule has 1 aromatic carbocycles. The zero-order valence-corrected chi connectivity index (χ0v) is 20.2. The second kappa shape index (κ2) is 19.9. The van der Waals surface area contributed by atoms with Gasteiger partial charge in [0.25, 0.3) is 0 Å². The number of unbranched alkanes of at least 4 members (excludes halogenated alkanes) is 6. The molecule has 0 heterocycles. The van der Waals surface area contributed by atoms with Gasteiger partial charge in [-0.05, 0) is 19.0 Å². The number of benzene rings is 1. The summed E-state index contributed by atoms with van der Waals surface area (Å²) in [4.78, 5) is 8.33. The molecule has 4 nitrogen and oxygen atoms in total. The van der Waals surface area contributed by atoms with E-state index in [0.29, 0.717) is 0 Å². The van der Waals surface area contributed by atoms with Crippen molar-refractivity contribution >= 4 is 55.0 Å². The minimum absolute atomic E-state index is 0. The van der Waals surface area contributed by atoms with E-state index in [9.17, 15) is 5.11 Å². The van der Waals surface area contributed by atoms with Gasteiger partial charge in [-0.2, -0.15) is 0 Å². The van der Waals surface area contributed by atoms with Crippen molar-refractivity contribution in [2.45, 2.75) is 58.3 Å². The standard InChI is InChI=1S/C15H24O.CH2O3.Ba.Na/c1-2-3-4-5-6-7-8-11-14-12-9-10-13-15(14)16;2-1(3)4;;/h9-10,12-13,16H,2-8,11H2,1H3;(H2,2,3,4);;/q;;+2;+1/p-3. The first-order valence-corrected chi connectivity index (χ1v) is 7.20. The molecule has 0 N–H and O–H groups in total. The molecule has 114 valence electrons. The second-order valence-corrected chi connectivity index (χ2v) is 4.73. The molecule has 0 spiro atoms. The average molecular weight is 440 g/mol. The molecule has 0 amide bonds. The summed E-state index contributed by atoms with van der Waals surface area (Å²) in [5, 5.41) is 28.1. The van der Waals surface area contributed by atoms with Gasteiger partial charge in [-0.1, -0.05) is 75.3 Å². The maximum absolute atomic E-state index is 11.4. The number of carboxylic acid groups (broad SMARTS) is 2. The minimum Gasteiger partial charge on any atom is -0.872 e. The number of carbonyl (C=O) groups is 1. The molecule has 22 heavy (non-hydrogen) atoms. The van der Waals surface area contributed by atoms with E-state index < -0.39 is 6.16 Å². The molecule has 1 aromatic rings. The average Bonchev–Trinajstić information content (AvgIpc) is 2.39. The van der Waals surface area contributed by atoms with Gasteiger partial charge >= 0.3 is 78.4 Å². The third-order valence-corrected chi connectivity index (χ3v) is 3.02. The third kappa shape index (κ3) is 18.9. The van der Waals surface area contributed by atoms with E-state index in [0.717, 1.165) is 18.4 Å². The monoisotopic (exact) mass is 440 g/mol. The van der Waals surface area contributed by atoms with Crippen LogP contribution in [0.4, 0.5) is 4.79 Å². The number of rotatable bonds is 8. The van der Waals surface area contributed by atoms with Gasteiger partial charge in [-0.15, -0.1) is 5.75 Å². The van der Waals surface area contributed by atoms with Crippen molar-refractivity contribution in [3.63, 3.8) is 0 Å². The Labute approximate surface area is 196 Å². The molecule has 0 unspecified atom stereocenters. The SMILES string of the molecule is CCCCCCCCCc1ccccc1[O-].O=C([O-])[O-].[Ba+2].[Na+]. The predicted molar refractivity (Wildman–Crippen MR) is 78.7 cm³/mol. The number of para-hydroxylation sites is 1. The Bertz CT molecular complexity index is 371. The predicted octanol–water partition coefficient (Wildman–Crippen LogP) is -1.77. The summed E-state index contributed by atoms with van der Waals surface area (Å²) in [7, 11) is 0. The van der Waals surface area contributed by atoms with E-state index in [-0.39, 0.29) is 84.2 Å². The Kier molecular flexibility index (Phi) is 25.1. The van der Waals surface area contributed by atoms with Crippen molar-refractivity contribution in [2.24, 2.45) is 0 Å². The molecule has 0 bridgehead atoms. The summed E-state index contributed by atoms with van der Waals surface area (Å²) in [5.41, 5.74) is 0.982. The molecule has 0 saturated carbocycles. The van der Waals surface area contributed by atoms with Gasteiger partial charge in [0, 0.05) is 0 Å². The van der Waals surface area contributed by atoms with Crippen LogP contribution in [0.25, 0.3) is 0 Å². The molecule has 0 aliphatic heterocycles. The molecule has 0 saturated heterocycles. The number of aryl methyl sites for hydroxylation is 1. The zero-order valence-electron chi connectivity index (χ0n) is 13.8. The molecule has 1 rings (SSSR count). The van der Waals surface area contributed by atoms with Gasteiger partial charge in [-0.25, -0.2) is 0 Å². The Balaban J connectivity index is -0.000000538. The summed E-state index contributed by atoms with van der Waals surface area (Å²) in [6.45, 7) is 2.24. The molecular weight excluding hydrogens is 416 g/mol. The topological polar surface area (TPSA) is 86.2 Å². The fraction of sp³-hybridized carbons (Fsp3) is 0.562. The van der Waals surface area contributed by atoms with Crippen molar-refractivity contribution in [2.75, 3.05) is 0 Å². The first-order valence-electron chi connectivity index (χ1n) is 7.20. The maximum Gasteiger partial charge on any atom is 2.00 e. The fourth-order valence-electron chi connectivity index (χ4n) is 1.98. The van der Waals surface area contributed by atoms with Crippen LogP contribution in [0, 0.1) is 0 Å². The van der Waals surface area contributed by atoms with Crippen LogP contribution in [0.2, 0.25) is 0 Å². The Morgan fingerprint density at radius 3 is 1.91 bits per heavy atom. The van der Waals surface area contributed by atoms with Gasteiger partial charge in [0.1, 0.15) is 0 Å². The number of hydrogen-bond acceptors (Lipinski definition) is 4. The molecule has 6 heteroatoms. The van der Waals surface area contributed by atoms with Gasteiger partial charge in [0.2, 0.25) is 0 Å². The van der Waals surface area contributed by atoms with E-state index in [4.69, 9.17) is 15.0 Å². The second-order valence-electron chi connectivity index (χ2n) is 4.73. The summed E-state index contributed by atoms with van der Waals surface area (Å²) in [6, 6.07) is 7.39. The number of hydrogen-bond donors (Lipinski definition) is 0. The molecule has 0 aliphatic carbocycles. The molecule has 0 aliphatic rings. The van der Waals surface area contributed by atoms with Crippen molar-refractivity contribution in [1.82, 2.24) is 0 Å². The molecular formula is C16H23BaNaO4. The molecule has 0 aromatic heterocycles. The third-order valence-electron chi connectivity index (χ3n) is 3.02. The first kappa shape index (κ1) is 27.7. The normalized spacial score (nSPS) is 8.77. The summed E-state index contributed by atoms with van der Waals surface area (Å²) < 4.78 is 0. The van der Waals surface area contributed by atoms with E-state index >= 15 is 0 Å². The molecule has 0 atom stereocenters. The maximum atomic E-state index is 11.4. The molecule has 0 radical (unpaired) electrons. The van der Waals surface area contributed by atoms with Gasteiger partial charge < -0.3 is 20.1 Å². The van der Waals surface area contributed by atoms with Crippen LogP contribution in [0.5, 0.6) is 5.75 Å². The van der Waals surface area contributed by atoms with Crippen LogP contribution in [0.3, 0.4) is 0 Å². The minimum atomic E-state index is -2.33. The van der Waals surface area contributed by atoms with Crippen LogP contribution in [-0.2, 0) is 6.42 Å². The zero-order chi connectivity index (χ0) is 15.2. The summed E-state index contributed by atoms with van der Waals surface area (Å²) in [5.74, 6) is 0.202. The largest absolute Gasteiger partial charge is 2.00 e. The van der Waals surface area contributed by atoms with Crippen molar-refractivity contribution < 1.29 is 49.7 Å². The van der Waals surface area contributed by atoms with Crippen LogP contribution in [0.1, 0.15) is 57.4 Å². The summed E-state index contributed by atoms with van der Waals surface area (Å²) >= 11 is 0. The Hall–Kier alpha value is 0.861. The van der Waals surface area contributed by atoms with E-state index in [1.54, 1.807) is 6.07 Å². The molecule has 0 fully saturated rings. The van der Waals surface area contributed by atoms with Crippen LogP contribution in [0.15, 0.2) is 24.3 Å². The Morgan fingerprint density at radius 1 is 0.955 bits per heavy atom. The number of carbonyl (C=O) groups excluding carboxylic acids is 1. The van der Waals surface area contributed by atoms with Crippen molar-refractivity contribution in [1.29, 1.82) is 0 Å².